The fraction of sp³-hybridized carbons (Fsp3) is 0.778. The summed E-state index contributed by atoms with van der Waals surface area (Å²) in [6.45, 7) is 4.83. The van der Waals surface area contributed by atoms with Crippen molar-refractivity contribution in [2.24, 2.45) is 0 Å². The van der Waals surface area contributed by atoms with E-state index in [1.54, 1.807) is 0 Å². The first kappa shape index (κ1) is 9.93. The number of thioether (sulfide) groups is 1. The molecule has 1 rings (SSSR count). The summed E-state index contributed by atoms with van der Waals surface area (Å²) < 4.78 is 0. The number of likely N-dealkylation sites (tertiary alicyclic amines) is 1. The first-order chi connectivity index (χ1) is 5.84. The molecule has 0 saturated carbocycles. The van der Waals surface area contributed by atoms with Crippen molar-refractivity contribution >= 4 is 11.8 Å². The topological polar surface area (TPSA) is 15.3 Å². The van der Waals surface area contributed by atoms with E-state index in [0.717, 1.165) is 0 Å². The zero-order chi connectivity index (χ0) is 8.81. The summed E-state index contributed by atoms with van der Waals surface area (Å²) in [5, 5.41) is 5.76. The third kappa shape index (κ3) is 3.07. The van der Waals surface area contributed by atoms with Gasteiger partial charge in [-0.1, -0.05) is 0 Å². The molecule has 2 nitrogen and oxygen atoms in total. The van der Waals surface area contributed by atoms with E-state index in [9.17, 15) is 0 Å². The molecule has 0 aliphatic carbocycles. The molecule has 1 saturated heterocycles. The first-order valence-electron chi connectivity index (χ1n) is 4.56. The molecule has 70 valence electrons. The molecule has 0 aromatic heterocycles. The van der Waals surface area contributed by atoms with E-state index >= 15 is 0 Å². The Morgan fingerprint density at radius 1 is 1.42 bits per heavy atom. The Bertz CT molecular complexity index is 141. The largest absolute Gasteiger partial charge is 0.394 e. The van der Waals surface area contributed by atoms with Crippen LogP contribution in [0.3, 0.4) is 0 Å². The van der Waals surface area contributed by atoms with Crippen LogP contribution < -0.4 is 5.32 Å². The van der Waals surface area contributed by atoms with E-state index < -0.39 is 0 Å². The maximum absolute atomic E-state index is 2.99. The molecule has 1 aliphatic rings. The molecule has 0 aromatic rings. The van der Waals surface area contributed by atoms with Crippen molar-refractivity contribution in [1.82, 2.24) is 10.2 Å². The number of hydrogen-bond donors (Lipinski definition) is 1. The highest BCUT2D eigenvalue weighted by Gasteiger charge is 2.16. The van der Waals surface area contributed by atoms with Gasteiger partial charge in [-0.25, -0.2) is 0 Å². The van der Waals surface area contributed by atoms with Crippen LogP contribution in [0.2, 0.25) is 0 Å². The third-order valence-electron chi connectivity index (χ3n) is 2.17. The van der Waals surface area contributed by atoms with Crippen molar-refractivity contribution in [1.29, 1.82) is 0 Å². The fourth-order valence-corrected chi connectivity index (χ4v) is 2.24. The van der Waals surface area contributed by atoms with Crippen LogP contribution >= 0.6 is 11.8 Å². The second-order valence-corrected chi connectivity index (χ2v) is 4.30. The third-order valence-corrected chi connectivity index (χ3v) is 3.15. The van der Waals surface area contributed by atoms with Gasteiger partial charge in [-0.3, -0.25) is 4.90 Å². The quantitative estimate of drug-likeness (QED) is 0.721. The summed E-state index contributed by atoms with van der Waals surface area (Å²) in [7, 11) is 1.93. The Hall–Kier alpha value is -0.150. The van der Waals surface area contributed by atoms with E-state index in [2.05, 4.69) is 22.5 Å². The van der Waals surface area contributed by atoms with Gasteiger partial charge in [0.05, 0.1) is 5.37 Å². The highest BCUT2D eigenvalue weighted by Crippen LogP contribution is 2.20. The molecular formula is C9H18N2S. The van der Waals surface area contributed by atoms with E-state index in [-0.39, 0.29) is 0 Å². The van der Waals surface area contributed by atoms with Gasteiger partial charge >= 0.3 is 0 Å². The zero-order valence-electron chi connectivity index (χ0n) is 7.92. The SMILES string of the molecule is CN/C=C\SC(C)N1CCCC1. The molecule has 1 fully saturated rings. The lowest BCUT2D eigenvalue weighted by atomic mass is 10.4. The van der Waals surface area contributed by atoms with Crippen LogP contribution in [-0.4, -0.2) is 30.4 Å². The van der Waals surface area contributed by atoms with Gasteiger partial charge in [0.2, 0.25) is 0 Å². The molecule has 0 radical (unpaired) electrons. The Labute approximate surface area is 79.4 Å². The van der Waals surface area contributed by atoms with Crippen LogP contribution in [0.25, 0.3) is 0 Å². The molecule has 1 N–H and O–H groups in total. The number of nitrogens with zero attached hydrogens (tertiary/aromatic N) is 1. The van der Waals surface area contributed by atoms with Crippen molar-refractivity contribution in [3.8, 4) is 0 Å². The van der Waals surface area contributed by atoms with Gasteiger partial charge in [-0.15, -0.1) is 11.8 Å². The van der Waals surface area contributed by atoms with Gasteiger partial charge in [0.25, 0.3) is 0 Å². The number of rotatable bonds is 4. The summed E-state index contributed by atoms with van der Waals surface area (Å²) in [4.78, 5) is 2.53. The fourth-order valence-electron chi connectivity index (χ4n) is 1.41. The van der Waals surface area contributed by atoms with Crippen LogP contribution in [0.5, 0.6) is 0 Å². The van der Waals surface area contributed by atoms with Crippen LogP contribution in [0.4, 0.5) is 0 Å². The van der Waals surface area contributed by atoms with Gasteiger partial charge in [-0.05, 0) is 38.3 Å². The summed E-state index contributed by atoms with van der Waals surface area (Å²) in [6.07, 6.45) is 4.73. The first-order valence-corrected chi connectivity index (χ1v) is 5.50. The van der Waals surface area contributed by atoms with Gasteiger partial charge in [0.1, 0.15) is 0 Å². The molecular weight excluding hydrogens is 168 g/mol. The van der Waals surface area contributed by atoms with Crippen molar-refractivity contribution in [2.75, 3.05) is 20.1 Å². The molecule has 0 aromatic carbocycles. The predicted molar refractivity (Wildman–Crippen MR) is 56.1 cm³/mol. The summed E-state index contributed by atoms with van der Waals surface area (Å²) in [5.41, 5.74) is 0. The van der Waals surface area contributed by atoms with Crippen LogP contribution in [0.15, 0.2) is 11.6 Å². The molecule has 0 bridgehead atoms. The zero-order valence-corrected chi connectivity index (χ0v) is 8.73. The average Bonchev–Trinajstić information content (AvgIpc) is 2.56. The minimum atomic E-state index is 0.636. The van der Waals surface area contributed by atoms with Crippen molar-refractivity contribution in [3.63, 3.8) is 0 Å². The van der Waals surface area contributed by atoms with Gasteiger partial charge in [0, 0.05) is 13.2 Å². The summed E-state index contributed by atoms with van der Waals surface area (Å²) >= 11 is 1.88. The van der Waals surface area contributed by atoms with Crippen LogP contribution in [0, 0.1) is 0 Å². The second kappa shape index (κ2) is 5.49. The lowest BCUT2D eigenvalue weighted by Crippen LogP contribution is -2.26. The molecule has 1 atom stereocenters. The van der Waals surface area contributed by atoms with Gasteiger partial charge < -0.3 is 5.32 Å². The average molecular weight is 186 g/mol. The maximum atomic E-state index is 2.99. The predicted octanol–water partition coefficient (Wildman–Crippen LogP) is 1.85. The molecule has 0 amide bonds. The van der Waals surface area contributed by atoms with E-state index in [1.165, 1.54) is 25.9 Å². The Balaban J connectivity index is 2.17. The number of nitrogens with one attached hydrogen (secondary N) is 1. The minimum absolute atomic E-state index is 0.636. The molecule has 1 heterocycles. The molecule has 1 aliphatic heterocycles. The highest BCUT2D eigenvalue weighted by atomic mass is 32.2. The lowest BCUT2D eigenvalue weighted by Gasteiger charge is -2.21. The number of hydrogen-bond acceptors (Lipinski definition) is 3. The monoisotopic (exact) mass is 186 g/mol. The molecule has 3 heteroatoms. The molecule has 12 heavy (non-hydrogen) atoms. The van der Waals surface area contributed by atoms with E-state index in [0.29, 0.717) is 5.37 Å². The Morgan fingerprint density at radius 2 is 2.08 bits per heavy atom. The molecule has 0 spiro atoms. The normalized spacial score (nSPS) is 21.8. The lowest BCUT2D eigenvalue weighted by molar-refractivity contribution is 0.333. The highest BCUT2D eigenvalue weighted by molar-refractivity contribution is 8.02. The van der Waals surface area contributed by atoms with E-state index in [1.807, 2.05) is 25.0 Å². The van der Waals surface area contributed by atoms with Gasteiger partial charge in [0.15, 0.2) is 0 Å². The summed E-state index contributed by atoms with van der Waals surface area (Å²) in [5.74, 6) is 0. The standard InChI is InChI=1S/C9H18N2S/c1-9(12-8-5-10-2)11-6-3-4-7-11/h5,8-10H,3-4,6-7H2,1-2H3/b8-5-. The van der Waals surface area contributed by atoms with Crippen LogP contribution in [0.1, 0.15) is 19.8 Å². The van der Waals surface area contributed by atoms with Crippen LogP contribution in [-0.2, 0) is 0 Å². The van der Waals surface area contributed by atoms with Crippen molar-refractivity contribution in [2.45, 2.75) is 25.1 Å². The maximum Gasteiger partial charge on any atom is 0.0570 e. The smallest absolute Gasteiger partial charge is 0.0570 e. The Morgan fingerprint density at radius 3 is 2.67 bits per heavy atom. The minimum Gasteiger partial charge on any atom is -0.394 e. The van der Waals surface area contributed by atoms with Crippen molar-refractivity contribution < 1.29 is 0 Å². The van der Waals surface area contributed by atoms with Gasteiger partial charge in [-0.2, -0.15) is 0 Å². The van der Waals surface area contributed by atoms with E-state index in [4.69, 9.17) is 0 Å². The summed E-state index contributed by atoms with van der Waals surface area (Å²) in [6, 6.07) is 0. The molecule has 1 unspecified atom stereocenters. The second-order valence-electron chi connectivity index (χ2n) is 3.07. The van der Waals surface area contributed by atoms with Crippen molar-refractivity contribution in [3.05, 3.63) is 11.6 Å². The Kier molecular flexibility index (Phi) is 4.54.